The molecule has 0 fully saturated rings. The van der Waals surface area contributed by atoms with Crippen molar-refractivity contribution in [3.63, 3.8) is 0 Å². The molecule has 96 valence electrons. The van der Waals surface area contributed by atoms with Crippen LogP contribution in [0.25, 0.3) is 11.0 Å². The van der Waals surface area contributed by atoms with Gasteiger partial charge in [-0.3, -0.25) is 4.79 Å². The average Bonchev–Trinajstić information content (AvgIpc) is 2.92. The molecule has 3 rings (SSSR count). The summed E-state index contributed by atoms with van der Waals surface area (Å²) >= 11 is 8.16. The minimum absolute atomic E-state index is 0.0924. The lowest BCUT2D eigenvalue weighted by Gasteiger charge is -1.91. The van der Waals surface area contributed by atoms with E-state index in [1.54, 1.807) is 12.1 Å². The van der Waals surface area contributed by atoms with Gasteiger partial charge in [-0.25, -0.2) is 0 Å². The fourth-order valence-corrected chi connectivity index (χ4v) is 3.84. The van der Waals surface area contributed by atoms with Crippen molar-refractivity contribution in [2.75, 3.05) is 0 Å². The number of furan rings is 1. The Morgan fingerprint density at radius 3 is 2.68 bits per heavy atom. The number of fused-ring (bicyclic) bond motifs is 1. The van der Waals surface area contributed by atoms with E-state index >= 15 is 0 Å². The van der Waals surface area contributed by atoms with Crippen LogP contribution in [0, 0.1) is 6.92 Å². The highest BCUT2D eigenvalue weighted by molar-refractivity contribution is 9.13. The molecule has 0 saturated carbocycles. The van der Waals surface area contributed by atoms with Gasteiger partial charge in [-0.1, -0.05) is 11.6 Å². The summed E-state index contributed by atoms with van der Waals surface area (Å²) in [5.74, 6) is 0.284. The molecule has 0 spiro atoms. The maximum Gasteiger partial charge on any atom is 0.238 e. The predicted octanol–water partition coefficient (Wildman–Crippen LogP) is 5.56. The van der Waals surface area contributed by atoms with Gasteiger partial charge in [0.15, 0.2) is 5.76 Å². The minimum atomic E-state index is -0.0924. The average molecular weight is 400 g/mol. The SMILES string of the molecule is Cc1ccc2oc(C(=O)c3cc(Br)c(Br)s3)cc2c1. The van der Waals surface area contributed by atoms with Crippen molar-refractivity contribution in [1.29, 1.82) is 0 Å². The van der Waals surface area contributed by atoms with Crippen LogP contribution in [-0.2, 0) is 0 Å². The topological polar surface area (TPSA) is 30.2 Å². The lowest BCUT2D eigenvalue weighted by molar-refractivity contribution is 0.101. The van der Waals surface area contributed by atoms with Crippen LogP contribution < -0.4 is 0 Å². The van der Waals surface area contributed by atoms with Gasteiger partial charge < -0.3 is 4.42 Å². The standard InChI is InChI=1S/C14H8Br2O2S/c1-7-2-3-10-8(4-7)5-11(18-10)13(17)12-6-9(15)14(16)19-12/h2-6H,1H3. The zero-order valence-electron chi connectivity index (χ0n) is 9.87. The molecule has 5 heteroatoms. The number of thiophene rings is 1. The number of rotatable bonds is 2. The number of benzene rings is 1. The van der Waals surface area contributed by atoms with E-state index in [4.69, 9.17) is 4.42 Å². The molecule has 2 nitrogen and oxygen atoms in total. The molecule has 2 heterocycles. The van der Waals surface area contributed by atoms with Crippen molar-refractivity contribution in [2.24, 2.45) is 0 Å². The van der Waals surface area contributed by atoms with E-state index in [1.165, 1.54) is 11.3 Å². The Labute approximate surface area is 130 Å². The Bertz CT molecular complexity index is 766. The van der Waals surface area contributed by atoms with Gasteiger partial charge in [0.05, 0.1) is 8.66 Å². The monoisotopic (exact) mass is 398 g/mol. The molecule has 0 aliphatic carbocycles. The Kier molecular flexibility index (Phi) is 3.37. The highest BCUT2D eigenvalue weighted by atomic mass is 79.9. The summed E-state index contributed by atoms with van der Waals surface area (Å²) in [5.41, 5.74) is 1.89. The van der Waals surface area contributed by atoms with Crippen molar-refractivity contribution in [3.05, 3.63) is 54.8 Å². The zero-order chi connectivity index (χ0) is 13.6. The molecule has 0 aliphatic rings. The number of aryl methyl sites for hydroxylation is 1. The van der Waals surface area contributed by atoms with Crippen LogP contribution in [0.4, 0.5) is 0 Å². The largest absolute Gasteiger partial charge is 0.453 e. The van der Waals surface area contributed by atoms with Gasteiger partial charge in [0.1, 0.15) is 5.58 Å². The fourth-order valence-electron chi connectivity index (χ4n) is 1.85. The first-order chi connectivity index (χ1) is 9.04. The molecule has 0 radical (unpaired) electrons. The van der Waals surface area contributed by atoms with E-state index in [9.17, 15) is 4.79 Å². The Morgan fingerprint density at radius 2 is 2.00 bits per heavy atom. The molecule has 0 bridgehead atoms. The number of carbonyl (C=O) groups excluding carboxylic acids is 1. The van der Waals surface area contributed by atoms with E-state index in [2.05, 4.69) is 31.9 Å². The van der Waals surface area contributed by atoms with Crippen molar-refractivity contribution in [3.8, 4) is 0 Å². The smallest absolute Gasteiger partial charge is 0.238 e. The quantitative estimate of drug-likeness (QED) is 0.528. The molecule has 0 aliphatic heterocycles. The van der Waals surface area contributed by atoms with Gasteiger partial charge in [0.25, 0.3) is 0 Å². The second kappa shape index (κ2) is 4.89. The van der Waals surface area contributed by atoms with E-state index < -0.39 is 0 Å². The summed E-state index contributed by atoms with van der Waals surface area (Å²) in [4.78, 5) is 13.0. The summed E-state index contributed by atoms with van der Waals surface area (Å²) < 4.78 is 7.40. The number of halogens is 2. The molecular weight excluding hydrogens is 392 g/mol. The molecule has 3 aromatic rings. The molecule has 0 unspecified atom stereocenters. The summed E-state index contributed by atoms with van der Waals surface area (Å²) in [6.45, 7) is 2.02. The highest BCUT2D eigenvalue weighted by Crippen LogP contribution is 2.34. The van der Waals surface area contributed by atoms with Gasteiger partial charge in [-0.2, -0.15) is 0 Å². The highest BCUT2D eigenvalue weighted by Gasteiger charge is 2.18. The second-order valence-electron chi connectivity index (χ2n) is 4.21. The van der Waals surface area contributed by atoms with E-state index in [0.29, 0.717) is 10.6 Å². The number of ketones is 1. The van der Waals surface area contributed by atoms with Crippen LogP contribution >= 0.6 is 43.2 Å². The Hall–Kier alpha value is -0.910. The second-order valence-corrected chi connectivity index (χ2v) is 7.44. The third-order valence-electron chi connectivity index (χ3n) is 2.76. The number of hydrogen-bond donors (Lipinski definition) is 0. The molecule has 0 atom stereocenters. The summed E-state index contributed by atoms with van der Waals surface area (Å²) in [7, 11) is 0. The molecule has 2 aromatic heterocycles. The minimum Gasteiger partial charge on any atom is -0.453 e. The van der Waals surface area contributed by atoms with Gasteiger partial charge in [0.2, 0.25) is 5.78 Å². The first-order valence-corrected chi connectivity index (χ1v) is 7.94. The molecule has 0 amide bonds. The Morgan fingerprint density at radius 1 is 1.21 bits per heavy atom. The lowest BCUT2D eigenvalue weighted by atomic mass is 10.1. The fraction of sp³-hybridized carbons (Fsp3) is 0.0714. The van der Waals surface area contributed by atoms with Crippen molar-refractivity contribution in [2.45, 2.75) is 6.92 Å². The van der Waals surface area contributed by atoms with Crippen LogP contribution in [0.2, 0.25) is 0 Å². The molecule has 19 heavy (non-hydrogen) atoms. The van der Waals surface area contributed by atoms with Crippen LogP contribution in [-0.4, -0.2) is 5.78 Å². The molecule has 0 saturated heterocycles. The van der Waals surface area contributed by atoms with Crippen molar-refractivity contribution < 1.29 is 9.21 Å². The van der Waals surface area contributed by atoms with Crippen LogP contribution in [0.5, 0.6) is 0 Å². The summed E-state index contributed by atoms with van der Waals surface area (Å²) in [6, 6.07) is 9.47. The summed E-state index contributed by atoms with van der Waals surface area (Å²) in [6.07, 6.45) is 0. The third kappa shape index (κ3) is 2.42. The van der Waals surface area contributed by atoms with Crippen LogP contribution in [0.15, 0.2) is 43.0 Å². The maximum absolute atomic E-state index is 12.3. The zero-order valence-corrected chi connectivity index (χ0v) is 13.9. The number of hydrogen-bond acceptors (Lipinski definition) is 3. The van der Waals surface area contributed by atoms with Gasteiger partial charge >= 0.3 is 0 Å². The van der Waals surface area contributed by atoms with Crippen molar-refractivity contribution in [1.82, 2.24) is 0 Å². The Balaban J connectivity index is 2.06. The van der Waals surface area contributed by atoms with Gasteiger partial charge in [-0.15, -0.1) is 11.3 Å². The van der Waals surface area contributed by atoms with Crippen molar-refractivity contribution >= 4 is 59.9 Å². The van der Waals surface area contributed by atoms with Crippen LogP contribution in [0.1, 0.15) is 21.0 Å². The van der Waals surface area contributed by atoms with Crippen LogP contribution in [0.3, 0.4) is 0 Å². The van der Waals surface area contributed by atoms with Gasteiger partial charge in [0, 0.05) is 9.86 Å². The van der Waals surface area contributed by atoms with E-state index in [-0.39, 0.29) is 5.78 Å². The summed E-state index contributed by atoms with van der Waals surface area (Å²) in [5, 5.41) is 0.957. The number of carbonyl (C=O) groups is 1. The first kappa shape index (κ1) is 13.1. The third-order valence-corrected chi connectivity index (χ3v) is 6.02. The van der Waals surface area contributed by atoms with Gasteiger partial charge in [-0.05, 0) is 63.0 Å². The normalized spacial score (nSPS) is 11.1. The molecule has 0 N–H and O–H groups in total. The first-order valence-electron chi connectivity index (χ1n) is 5.54. The molecular formula is C14H8Br2O2S. The lowest BCUT2D eigenvalue weighted by Crippen LogP contribution is -1.95. The van der Waals surface area contributed by atoms with E-state index in [0.717, 1.165) is 24.8 Å². The van der Waals surface area contributed by atoms with E-state index in [1.807, 2.05) is 25.1 Å². The predicted molar refractivity (Wildman–Crippen MR) is 84.1 cm³/mol. The molecule has 1 aromatic carbocycles. The maximum atomic E-state index is 12.3.